The molecule has 2 heterocycles. The molecule has 0 unspecified atom stereocenters. The third-order valence-electron chi connectivity index (χ3n) is 6.60. The number of nitrogens with two attached hydrogens (primary N) is 1. The van der Waals surface area contributed by atoms with Gasteiger partial charge in [0.15, 0.2) is 0 Å². The van der Waals surface area contributed by atoms with E-state index >= 15 is 0 Å². The molecule has 1 aromatic heterocycles. The van der Waals surface area contributed by atoms with Crippen molar-refractivity contribution in [2.45, 2.75) is 50.5 Å². The van der Waals surface area contributed by atoms with Gasteiger partial charge < -0.3 is 5.73 Å². The van der Waals surface area contributed by atoms with Crippen LogP contribution in [0.1, 0.15) is 42.4 Å². The highest BCUT2D eigenvalue weighted by atomic mass is 35.5. The summed E-state index contributed by atoms with van der Waals surface area (Å²) in [5, 5.41) is 4.66. The molecular formula is C25H22ClF3N4O2S. The Bertz CT molecular complexity index is 1390. The smallest absolute Gasteiger partial charge is 0.326 e. The second kappa shape index (κ2) is 9.57. The van der Waals surface area contributed by atoms with E-state index in [0.717, 1.165) is 37.1 Å². The molecule has 1 aliphatic carbocycles. The Morgan fingerprint density at radius 2 is 1.92 bits per heavy atom. The van der Waals surface area contributed by atoms with E-state index in [0.29, 0.717) is 27.8 Å². The van der Waals surface area contributed by atoms with Crippen LogP contribution in [0.25, 0.3) is 17.0 Å². The van der Waals surface area contributed by atoms with Gasteiger partial charge in [-0.15, -0.1) is 0 Å². The van der Waals surface area contributed by atoms with Crippen molar-refractivity contribution in [3.63, 3.8) is 0 Å². The first kappa shape index (κ1) is 24.9. The second-order valence-electron chi connectivity index (χ2n) is 8.99. The maximum absolute atomic E-state index is 13.5. The zero-order chi connectivity index (χ0) is 25.6. The highest BCUT2D eigenvalue weighted by molar-refractivity contribution is 8.18. The number of imide groups is 1. The van der Waals surface area contributed by atoms with Crippen LogP contribution < -0.4 is 5.73 Å². The molecule has 188 valence electrons. The number of carbonyl (C=O) groups excluding carboxylic acids is 2. The van der Waals surface area contributed by atoms with Gasteiger partial charge in [-0.3, -0.25) is 19.2 Å². The molecule has 0 spiro atoms. The van der Waals surface area contributed by atoms with Crippen LogP contribution >= 0.6 is 23.4 Å². The average Bonchev–Trinajstić information content (AvgIpc) is 3.34. The fourth-order valence-electron chi connectivity index (χ4n) is 4.81. The van der Waals surface area contributed by atoms with Crippen LogP contribution in [0.5, 0.6) is 0 Å². The van der Waals surface area contributed by atoms with Crippen molar-refractivity contribution < 1.29 is 22.8 Å². The predicted octanol–water partition coefficient (Wildman–Crippen LogP) is 6.06. The lowest BCUT2D eigenvalue weighted by Gasteiger charge is -2.33. The molecular weight excluding hydrogens is 513 g/mol. The highest BCUT2D eigenvalue weighted by Gasteiger charge is 2.42. The van der Waals surface area contributed by atoms with E-state index in [1.807, 2.05) is 0 Å². The summed E-state index contributed by atoms with van der Waals surface area (Å²) in [6.45, 7) is -0.0879. The summed E-state index contributed by atoms with van der Waals surface area (Å²) in [4.78, 5) is 27.2. The third-order valence-corrected chi connectivity index (χ3v) is 7.72. The number of rotatable bonds is 4. The Morgan fingerprint density at radius 1 is 1.14 bits per heavy atom. The van der Waals surface area contributed by atoms with Crippen LogP contribution in [0.2, 0.25) is 5.02 Å². The molecule has 1 aliphatic heterocycles. The quantitative estimate of drug-likeness (QED) is 0.411. The van der Waals surface area contributed by atoms with Gasteiger partial charge in [-0.2, -0.15) is 18.3 Å². The fraction of sp³-hybridized carbons (Fsp3) is 0.320. The molecule has 36 heavy (non-hydrogen) atoms. The van der Waals surface area contributed by atoms with E-state index in [1.165, 1.54) is 21.7 Å². The first-order chi connectivity index (χ1) is 17.1. The molecule has 6 nitrogen and oxygen atoms in total. The number of benzene rings is 2. The lowest BCUT2D eigenvalue weighted by Crippen LogP contribution is -2.51. The molecule has 0 bridgehead atoms. The zero-order valence-electron chi connectivity index (χ0n) is 19.0. The lowest BCUT2D eigenvalue weighted by molar-refractivity contribution is -0.138. The van der Waals surface area contributed by atoms with Gasteiger partial charge in [0.25, 0.3) is 11.1 Å². The largest absolute Gasteiger partial charge is 0.416 e. The Morgan fingerprint density at radius 3 is 2.67 bits per heavy atom. The Kier molecular flexibility index (Phi) is 6.61. The van der Waals surface area contributed by atoms with Crippen LogP contribution in [0.3, 0.4) is 0 Å². The van der Waals surface area contributed by atoms with Crippen LogP contribution in [-0.2, 0) is 17.5 Å². The SMILES string of the molecule is N[C@@H]1CCCC[C@H]1N1C(=O)SC(=Cc2ccc3c(cnn3Cc3ccc(Cl)cc3C(F)(F)F)c2)C1=O. The summed E-state index contributed by atoms with van der Waals surface area (Å²) in [6.07, 6.45) is 2.08. The van der Waals surface area contributed by atoms with Gasteiger partial charge in [-0.05, 0) is 66.1 Å². The molecule has 2 aliphatic rings. The molecule has 2 fully saturated rings. The molecule has 2 aromatic carbocycles. The molecule has 1 saturated heterocycles. The van der Waals surface area contributed by atoms with Crippen molar-refractivity contribution in [3.8, 4) is 0 Å². The van der Waals surface area contributed by atoms with Gasteiger partial charge in [-0.1, -0.05) is 36.6 Å². The molecule has 0 radical (unpaired) electrons. The number of nitrogens with zero attached hydrogens (tertiary/aromatic N) is 3. The van der Waals surface area contributed by atoms with Crippen molar-refractivity contribution >= 4 is 51.5 Å². The second-order valence-corrected chi connectivity index (χ2v) is 10.4. The molecule has 3 aromatic rings. The molecule has 11 heteroatoms. The topological polar surface area (TPSA) is 81.2 Å². The molecule has 5 rings (SSSR count). The fourth-order valence-corrected chi connectivity index (χ4v) is 5.87. The predicted molar refractivity (Wildman–Crippen MR) is 133 cm³/mol. The number of hydrogen-bond acceptors (Lipinski definition) is 5. The summed E-state index contributed by atoms with van der Waals surface area (Å²) in [6, 6.07) is 8.44. The Balaban J connectivity index is 1.40. The van der Waals surface area contributed by atoms with Crippen LogP contribution in [-0.4, -0.2) is 37.9 Å². The van der Waals surface area contributed by atoms with Crippen molar-refractivity contribution in [1.82, 2.24) is 14.7 Å². The van der Waals surface area contributed by atoms with Crippen molar-refractivity contribution in [2.24, 2.45) is 5.73 Å². The Hall–Kier alpha value is -2.82. The summed E-state index contributed by atoms with van der Waals surface area (Å²) in [5.41, 5.74) is 6.76. The number of carbonyl (C=O) groups is 2. The maximum Gasteiger partial charge on any atom is 0.416 e. The minimum absolute atomic E-state index is 0.0101. The summed E-state index contributed by atoms with van der Waals surface area (Å²) < 4.78 is 41.9. The van der Waals surface area contributed by atoms with E-state index in [-0.39, 0.29) is 40.4 Å². The van der Waals surface area contributed by atoms with Gasteiger partial charge in [-0.25, -0.2) is 0 Å². The third kappa shape index (κ3) is 4.77. The minimum atomic E-state index is -4.54. The molecule has 1 saturated carbocycles. The van der Waals surface area contributed by atoms with Crippen LogP contribution in [0, 0.1) is 0 Å². The average molecular weight is 535 g/mol. The summed E-state index contributed by atoms with van der Waals surface area (Å²) in [7, 11) is 0. The van der Waals surface area contributed by atoms with E-state index in [2.05, 4.69) is 5.10 Å². The van der Waals surface area contributed by atoms with Gasteiger partial charge in [0.2, 0.25) is 0 Å². The van der Waals surface area contributed by atoms with Gasteiger partial charge in [0.1, 0.15) is 0 Å². The van der Waals surface area contributed by atoms with Gasteiger partial charge in [0, 0.05) is 16.5 Å². The molecule has 2 amide bonds. The number of halogens is 4. The van der Waals surface area contributed by atoms with E-state index < -0.39 is 11.7 Å². The van der Waals surface area contributed by atoms with Crippen molar-refractivity contribution in [3.05, 3.63) is 69.2 Å². The van der Waals surface area contributed by atoms with Gasteiger partial charge in [0.05, 0.1) is 34.8 Å². The van der Waals surface area contributed by atoms with Crippen LogP contribution in [0.4, 0.5) is 18.0 Å². The van der Waals surface area contributed by atoms with Crippen molar-refractivity contribution in [2.75, 3.05) is 0 Å². The first-order valence-corrected chi connectivity index (χ1v) is 12.6. The normalized spacial score (nSPS) is 22.2. The van der Waals surface area contributed by atoms with E-state index in [1.54, 1.807) is 30.5 Å². The maximum atomic E-state index is 13.5. The Labute approximate surface area is 214 Å². The molecule has 2 atom stereocenters. The van der Waals surface area contributed by atoms with Crippen LogP contribution in [0.15, 0.2) is 47.5 Å². The summed E-state index contributed by atoms with van der Waals surface area (Å²) in [5.74, 6) is -0.342. The van der Waals surface area contributed by atoms with E-state index in [4.69, 9.17) is 17.3 Å². The summed E-state index contributed by atoms with van der Waals surface area (Å²) >= 11 is 6.68. The number of hydrogen-bond donors (Lipinski definition) is 1. The highest BCUT2D eigenvalue weighted by Crippen LogP contribution is 2.37. The van der Waals surface area contributed by atoms with Gasteiger partial charge >= 0.3 is 6.18 Å². The van der Waals surface area contributed by atoms with E-state index in [9.17, 15) is 22.8 Å². The lowest BCUT2D eigenvalue weighted by atomic mass is 9.90. The zero-order valence-corrected chi connectivity index (χ0v) is 20.5. The van der Waals surface area contributed by atoms with Crippen molar-refractivity contribution in [1.29, 1.82) is 0 Å². The minimum Gasteiger partial charge on any atom is -0.326 e. The standard InChI is InChI=1S/C25H22ClF3N4O2S/c26-17-7-6-15(18(11-17)25(27,28)29)13-32-20-8-5-14(9-16(20)12-31-32)10-22-23(34)33(24(35)36-22)21-4-2-1-3-19(21)30/h5-12,19,21H,1-4,13,30H2/t19-,21-/m1/s1. The monoisotopic (exact) mass is 534 g/mol. The molecule has 2 N–H and O–H groups in total. The number of fused-ring (bicyclic) bond motifs is 1. The number of amides is 2. The number of alkyl halides is 3. The first-order valence-electron chi connectivity index (χ1n) is 11.5. The number of aromatic nitrogens is 2. The number of thioether (sulfide) groups is 1.